The van der Waals surface area contributed by atoms with Crippen LogP contribution >= 0.6 is 0 Å². The summed E-state index contributed by atoms with van der Waals surface area (Å²) in [5.74, 6) is -0.192. The Morgan fingerprint density at radius 2 is 2.06 bits per heavy atom. The fraction of sp³-hybridized carbons (Fsp3) is 0.357. The molecule has 2 aromatic rings. The van der Waals surface area contributed by atoms with Gasteiger partial charge in [0.15, 0.2) is 0 Å². The van der Waals surface area contributed by atoms with Crippen LogP contribution in [-0.4, -0.2) is 9.78 Å². The van der Waals surface area contributed by atoms with Crippen LogP contribution in [0.1, 0.15) is 31.5 Å². The second kappa shape index (κ2) is 3.99. The zero-order valence-electron chi connectivity index (χ0n) is 9.86. The molecule has 0 spiro atoms. The van der Waals surface area contributed by atoms with E-state index in [-0.39, 0.29) is 5.82 Å². The highest BCUT2D eigenvalue weighted by molar-refractivity contribution is 5.65. The van der Waals surface area contributed by atoms with Crippen LogP contribution in [0.2, 0.25) is 0 Å². The van der Waals surface area contributed by atoms with Crippen molar-refractivity contribution >= 4 is 0 Å². The normalized spacial score (nSPS) is 19.1. The lowest BCUT2D eigenvalue weighted by Crippen LogP contribution is -2.16. The molecule has 1 aliphatic rings. The second-order valence-corrected chi connectivity index (χ2v) is 4.70. The summed E-state index contributed by atoms with van der Waals surface area (Å²) in [6.07, 6.45) is 5.38. The van der Waals surface area contributed by atoms with Crippen molar-refractivity contribution < 1.29 is 4.39 Å². The standard InChI is InChI=1S/C14H15FN2/c1-10-3-2-4-14-13(9-16-17(10)14)11-5-7-12(15)8-6-11/h5-10H,2-4H2,1H3. The van der Waals surface area contributed by atoms with Crippen LogP contribution in [0.4, 0.5) is 4.39 Å². The van der Waals surface area contributed by atoms with Gasteiger partial charge in [-0.25, -0.2) is 4.39 Å². The minimum absolute atomic E-state index is 0.192. The van der Waals surface area contributed by atoms with E-state index in [4.69, 9.17) is 0 Å². The zero-order chi connectivity index (χ0) is 11.8. The van der Waals surface area contributed by atoms with E-state index in [1.807, 2.05) is 18.3 Å². The lowest BCUT2D eigenvalue weighted by molar-refractivity contribution is 0.393. The molecule has 0 radical (unpaired) electrons. The van der Waals surface area contributed by atoms with Crippen molar-refractivity contribution in [3.63, 3.8) is 0 Å². The predicted octanol–water partition coefficient (Wildman–Crippen LogP) is 3.59. The number of hydrogen-bond acceptors (Lipinski definition) is 1. The summed E-state index contributed by atoms with van der Waals surface area (Å²) in [6.45, 7) is 2.20. The minimum Gasteiger partial charge on any atom is -0.266 e. The number of halogens is 1. The summed E-state index contributed by atoms with van der Waals surface area (Å²) in [5.41, 5.74) is 3.49. The van der Waals surface area contributed by atoms with Crippen molar-refractivity contribution in [3.05, 3.63) is 42.0 Å². The van der Waals surface area contributed by atoms with Crippen molar-refractivity contribution in [1.82, 2.24) is 9.78 Å². The fourth-order valence-corrected chi connectivity index (χ4v) is 2.57. The average Bonchev–Trinajstić information content (AvgIpc) is 2.75. The Labute approximate surface area is 100 Å². The van der Waals surface area contributed by atoms with Gasteiger partial charge in [0.1, 0.15) is 5.82 Å². The van der Waals surface area contributed by atoms with Crippen molar-refractivity contribution in [2.45, 2.75) is 32.2 Å². The first kappa shape index (κ1) is 10.5. The second-order valence-electron chi connectivity index (χ2n) is 4.70. The molecular formula is C14H15FN2. The number of nitrogens with zero attached hydrogens (tertiary/aromatic N) is 2. The Hall–Kier alpha value is -1.64. The number of benzene rings is 1. The molecule has 1 aromatic carbocycles. The van der Waals surface area contributed by atoms with Crippen LogP contribution in [0.15, 0.2) is 30.5 Å². The fourth-order valence-electron chi connectivity index (χ4n) is 2.57. The van der Waals surface area contributed by atoms with Gasteiger partial charge in [-0.05, 0) is 43.9 Å². The van der Waals surface area contributed by atoms with Crippen molar-refractivity contribution in [3.8, 4) is 11.1 Å². The molecule has 88 valence electrons. The van der Waals surface area contributed by atoms with E-state index in [1.54, 1.807) is 0 Å². The van der Waals surface area contributed by atoms with Crippen LogP contribution in [0, 0.1) is 5.82 Å². The Morgan fingerprint density at radius 3 is 2.82 bits per heavy atom. The monoisotopic (exact) mass is 230 g/mol. The van der Waals surface area contributed by atoms with E-state index in [0.29, 0.717) is 6.04 Å². The maximum atomic E-state index is 12.9. The topological polar surface area (TPSA) is 17.8 Å². The van der Waals surface area contributed by atoms with Gasteiger partial charge in [0.25, 0.3) is 0 Å². The highest BCUT2D eigenvalue weighted by atomic mass is 19.1. The molecule has 17 heavy (non-hydrogen) atoms. The number of fused-ring (bicyclic) bond motifs is 1. The van der Waals surface area contributed by atoms with E-state index in [0.717, 1.165) is 17.5 Å². The number of hydrogen-bond donors (Lipinski definition) is 0. The maximum absolute atomic E-state index is 12.9. The molecule has 0 N–H and O–H groups in total. The van der Waals surface area contributed by atoms with Crippen LogP contribution in [0.5, 0.6) is 0 Å². The summed E-state index contributed by atoms with van der Waals surface area (Å²) in [7, 11) is 0. The van der Waals surface area contributed by atoms with Crippen LogP contribution in [0.3, 0.4) is 0 Å². The largest absolute Gasteiger partial charge is 0.266 e. The Morgan fingerprint density at radius 1 is 1.29 bits per heavy atom. The highest BCUT2D eigenvalue weighted by Crippen LogP contribution is 2.31. The number of aromatic nitrogens is 2. The molecule has 3 rings (SSSR count). The first-order valence-corrected chi connectivity index (χ1v) is 6.08. The summed E-state index contributed by atoms with van der Waals surface area (Å²) in [6, 6.07) is 7.14. The maximum Gasteiger partial charge on any atom is 0.123 e. The lowest BCUT2D eigenvalue weighted by Gasteiger charge is -2.21. The van der Waals surface area contributed by atoms with Crippen molar-refractivity contribution in [1.29, 1.82) is 0 Å². The Balaban J connectivity index is 2.07. The molecule has 2 nitrogen and oxygen atoms in total. The van der Waals surface area contributed by atoms with E-state index < -0.39 is 0 Å². The third kappa shape index (κ3) is 1.75. The molecule has 2 heterocycles. The first-order valence-electron chi connectivity index (χ1n) is 6.08. The minimum atomic E-state index is -0.192. The van der Waals surface area contributed by atoms with Gasteiger partial charge in [-0.1, -0.05) is 12.1 Å². The molecule has 0 fully saturated rings. The van der Waals surface area contributed by atoms with Crippen LogP contribution in [0.25, 0.3) is 11.1 Å². The van der Waals surface area contributed by atoms with Crippen LogP contribution in [-0.2, 0) is 6.42 Å². The Bertz CT molecular complexity index is 528. The van der Waals surface area contributed by atoms with Crippen molar-refractivity contribution in [2.24, 2.45) is 0 Å². The molecule has 1 unspecified atom stereocenters. The van der Waals surface area contributed by atoms with Gasteiger partial charge in [-0.3, -0.25) is 4.68 Å². The van der Waals surface area contributed by atoms with E-state index in [9.17, 15) is 4.39 Å². The highest BCUT2D eigenvalue weighted by Gasteiger charge is 2.20. The molecule has 0 aliphatic carbocycles. The van der Waals surface area contributed by atoms with Gasteiger partial charge in [-0.2, -0.15) is 5.10 Å². The van der Waals surface area contributed by atoms with Gasteiger partial charge in [0, 0.05) is 17.3 Å². The molecule has 3 heteroatoms. The van der Waals surface area contributed by atoms with Gasteiger partial charge < -0.3 is 0 Å². The molecule has 1 atom stereocenters. The van der Waals surface area contributed by atoms with Gasteiger partial charge in [0.2, 0.25) is 0 Å². The van der Waals surface area contributed by atoms with E-state index in [2.05, 4.69) is 16.7 Å². The zero-order valence-corrected chi connectivity index (χ0v) is 9.86. The van der Waals surface area contributed by atoms with Gasteiger partial charge >= 0.3 is 0 Å². The van der Waals surface area contributed by atoms with E-state index >= 15 is 0 Å². The quantitative estimate of drug-likeness (QED) is 0.732. The summed E-state index contributed by atoms with van der Waals surface area (Å²) >= 11 is 0. The smallest absolute Gasteiger partial charge is 0.123 e. The number of rotatable bonds is 1. The summed E-state index contributed by atoms with van der Waals surface area (Å²) in [5, 5.41) is 4.46. The SMILES string of the molecule is CC1CCCc2c(-c3ccc(F)cc3)cnn21. The van der Waals surface area contributed by atoms with Gasteiger partial charge in [-0.15, -0.1) is 0 Å². The average molecular weight is 230 g/mol. The van der Waals surface area contributed by atoms with Crippen molar-refractivity contribution in [2.75, 3.05) is 0 Å². The molecule has 0 saturated heterocycles. The summed E-state index contributed by atoms with van der Waals surface area (Å²) in [4.78, 5) is 0. The van der Waals surface area contributed by atoms with Gasteiger partial charge in [0.05, 0.1) is 6.20 Å². The molecule has 0 saturated carbocycles. The van der Waals surface area contributed by atoms with E-state index in [1.165, 1.54) is 30.7 Å². The molecule has 0 amide bonds. The Kier molecular flexibility index (Phi) is 2.46. The molecule has 1 aliphatic heterocycles. The summed E-state index contributed by atoms with van der Waals surface area (Å²) < 4.78 is 15.0. The predicted molar refractivity (Wildman–Crippen MR) is 65.3 cm³/mol. The first-order chi connectivity index (χ1) is 8.25. The van der Waals surface area contributed by atoms with Crippen LogP contribution < -0.4 is 0 Å². The third-order valence-corrected chi connectivity index (χ3v) is 3.51. The lowest BCUT2D eigenvalue weighted by atomic mass is 9.98. The molecule has 0 bridgehead atoms. The third-order valence-electron chi connectivity index (χ3n) is 3.51. The molecule has 1 aromatic heterocycles. The molecular weight excluding hydrogens is 215 g/mol.